The van der Waals surface area contributed by atoms with E-state index in [-0.39, 0.29) is 6.10 Å². The van der Waals surface area contributed by atoms with Crippen LogP contribution < -0.4 is 14.8 Å². The smallest absolute Gasteiger partial charge is 0.161 e. The summed E-state index contributed by atoms with van der Waals surface area (Å²) in [6.45, 7) is 8.19. The molecule has 0 aliphatic carbocycles. The molecular weight excluding hydrogens is 264 g/mol. The zero-order chi connectivity index (χ0) is 15.8. The lowest BCUT2D eigenvalue weighted by Gasteiger charge is -2.18. The van der Waals surface area contributed by atoms with Crippen LogP contribution in [0.2, 0.25) is 0 Å². The van der Waals surface area contributed by atoms with Crippen molar-refractivity contribution < 1.29 is 9.47 Å². The highest BCUT2D eigenvalue weighted by molar-refractivity contribution is 5.43. The first-order valence-electron chi connectivity index (χ1n) is 7.64. The van der Waals surface area contributed by atoms with Crippen molar-refractivity contribution in [1.29, 1.82) is 0 Å². The normalized spacial score (nSPS) is 12.8. The summed E-state index contributed by atoms with van der Waals surface area (Å²) < 4.78 is 11.1. The summed E-state index contributed by atoms with van der Waals surface area (Å²) in [6, 6.07) is 6.61. The minimum atomic E-state index is 0.147. The third-order valence-corrected chi connectivity index (χ3v) is 3.25. The fourth-order valence-corrected chi connectivity index (χ4v) is 2.02. The number of nitrogens with one attached hydrogen (secondary N) is 1. The Kier molecular flexibility index (Phi) is 7.54. The monoisotopic (exact) mass is 294 g/mol. The van der Waals surface area contributed by atoms with Crippen molar-refractivity contribution in [1.82, 2.24) is 10.2 Å². The summed E-state index contributed by atoms with van der Waals surface area (Å²) in [6.07, 6.45) is 1.28. The van der Waals surface area contributed by atoms with Gasteiger partial charge in [-0.1, -0.05) is 6.07 Å². The third-order valence-electron chi connectivity index (χ3n) is 3.25. The predicted octanol–water partition coefficient (Wildman–Crippen LogP) is 2.91. The van der Waals surface area contributed by atoms with Gasteiger partial charge >= 0.3 is 0 Å². The van der Waals surface area contributed by atoms with Gasteiger partial charge in [0.05, 0.1) is 13.2 Å². The second kappa shape index (κ2) is 8.90. The van der Waals surface area contributed by atoms with Gasteiger partial charge < -0.3 is 19.7 Å². The van der Waals surface area contributed by atoms with E-state index < -0.39 is 0 Å². The molecule has 0 fully saturated rings. The number of methoxy groups -OCH3 is 1. The van der Waals surface area contributed by atoms with Crippen LogP contribution in [0.3, 0.4) is 0 Å². The highest BCUT2D eigenvalue weighted by Crippen LogP contribution is 2.28. The largest absolute Gasteiger partial charge is 0.493 e. The first-order valence-corrected chi connectivity index (χ1v) is 7.64. The molecule has 0 aliphatic rings. The molecule has 1 rings (SSSR count). The maximum atomic E-state index is 5.73. The van der Waals surface area contributed by atoms with E-state index in [4.69, 9.17) is 9.47 Å². The Bertz CT molecular complexity index is 419. The molecule has 120 valence electrons. The highest BCUT2D eigenvalue weighted by atomic mass is 16.5. The standard InChI is InChI=1S/C17H30N2O2/c1-13(2)21-16-8-7-15(11-17(16)20-6)12-18-14(3)9-10-19(4)5/h7-8,11,13-14,18H,9-10,12H2,1-6H3. The average molecular weight is 294 g/mol. The summed E-state index contributed by atoms with van der Waals surface area (Å²) >= 11 is 0. The molecular formula is C17H30N2O2. The number of benzene rings is 1. The molecule has 4 nitrogen and oxygen atoms in total. The van der Waals surface area contributed by atoms with Crippen LogP contribution in [0.5, 0.6) is 11.5 Å². The Morgan fingerprint density at radius 2 is 1.86 bits per heavy atom. The van der Waals surface area contributed by atoms with Crippen molar-refractivity contribution >= 4 is 0 Å². The van der Waals surface area contributed by atoms with Crippen molar-refractivity contribution in [2.24, 2.45) is 0 Å². The van der Waals surface area contributed by atoms with E-state index in [2.05, 4.69) is 37.3 Å². The van der Waals surface area contributed by atoms with Crippen molar-refractivity contribution in [3.8, 4) is 11.5 Å². The summed E-state index contributed by atoms with van der Waals surface area (Å²) in [5.41, 5.74) is 1.21. The molecule has 0 heterocycles. The van der Waals surface area contributed by atoms with Crippen molar-refractivity contribution in [3.63, 3.8) is 0 Å². The molecule has 0 radical (unpaired) electrons. The summed E-state index contributed by atoms with van der Waals surface area (Å²) in [5, 5.41) is 3.54. The molecule has 1 aromatic carbocycles. The van der Waals surface area contributed by atoms with E-state index in [9.17, 15) is 0 Å². The molecule has 4 heteroatoms. The molecule has 21 heavy (non-hydrogen) atoms. The molecule has 1 N–H and O–H groups in total. The van der Waals surface area contributed by atoms with Crippen LogP contribution in [0, 0.1) is 0 Å². The van der Waals surface area contributed by atoms with Gasteiger partial charge in [0.2, 0.25) is 0 Å². The zero-order valence-corrected chi connectivity index (χ0v) is 14.3. The van der Waals surface area contributed by atoms with E-state index in [0.717, 1.165) is 31.0 Å². The number of nitrogens with zero attached hydrogens (tertiary/aromatic N) is 1. The summed E-state index contributed by atoms with van der Waals surface area (Å²) in [4.78, 5) is 2.21. The Labute approximate surface area is 129 Å². The Morgan fingerprint density at radius 3 is 2.43 bits per heavy atom. The van der Waals surface area contributed by atoms with E-state index in [1.165, 1.54) is 5.56 Å². The van der Waals surface area contributed by atoms with Crippen LogP contribution in [0.4, 0.5) is 0 Å². The predicted molar refractivity (Wildman–Crippen MR) is 88.2 cm³/mol. The zero-order valence-electron chi connectivity index (χ0n) is 14.3. The SMILES string of the molecule is COc1cc(CNC(C)CCN(C)C)ccc1OC(C)C. The average Bonchev–Trinajstić information content (AvgIpc) is 2.43. The fraction of sp³-hybridized carbons (Fsp3) is 0.647. The lowest BCUT2D eigenvalue weighted by Crippen LogP contribution is -2.29. The van der Waals surface area contributed by atoms with Gasteiger partial charge in [0.25, 0.3) is 0 Å². The lowest BCUT2D eigenvalue weighted by atomic mass is 10.1. The van der Waals surface area contributed by atoms with Crippen LogP contribution in [0.15, 0.2) is 18.2 Å². The molecule has 1 aromatic rings. The third kappa shape index (κ3) is 6.82. The second-order valence-electron chi connectivity index (χ2n) is 6.03. The van der Waals surface area contributed by atoms with Gasteiger partial charge in [-0.05, 0) is 65.5 Å². The van der Waals surface area contributed by atoms with E-state index >= 15 is 0 Å². The number of hydrogen-bond donors (Lipinski definition) is 1. The maximum Gasteiger partial charge on any atom is 0.161 e. The van der Waals surface area contributed by atoms with Crippen molar-refractivity contribution in [3.05, 3.63) is 23.8 Å². The van der Waals surface area contributed by atoms with Gasteiger partial charge in [0.15, 0.2) is 11.5 Å². The van der Waals surface area contributed by atoms with Crippen LogP contribution in [0.1, 0.15) is 32.8 Å². The molecule has 0 aliphatic heterocycles. The topological polar surface area (TPSA) is 33.7 Å². The van der Waals surface area contributed by atoms with Crippen LogP contribution in [0.25, 0.3) is 0 Å². The summed E-state index contributed by atoms with van der Waals surface area (Å²) in [7, 11) is 5.88. The quantitative estimate of drug-likeness (QED) is 0.759. The second-order valence-corrected chi connectivity index (χ2v) is 6.03. The Balaban J connectivity index is 2.56. The van der Waals surface area contributed by atoms with Crippen LogP contribution in [-0.2, 0) is 6.54 Å². The lowest BCUT2D eigenvalue weighted by molar-refractivity contribution is 0.230. The first-order chi connectivity index (χ1) is 9.92. The summed E-state index contributed by atoms with van der Waals surface area (Å²) in [5.74, 6) is 1.60. The minimum absolute atomic E-state index is 0.147. The molecule has 0 saturated heterocycles. The molecule has 0 saturated carbocycles. The van der Waals surface area contributed by atoms with E-state index in [0.29, 0.717) is 6.04 Å². The van der Waals surface area contributed by atoms with Gasteiger partial charge in [-0.3, -0.25) is 0 Å². The maximum absolute atomic E-state index is 5.73. The van der Waals surface area contributed by atoms with Crippen LogP contribution >= 0.6 is 0 Å². The minimum Gasteiger partial charge on any atom is -0.493 e. The number of rotatable bonds is 9. The molecule has 0 spiro atoms. The molecule has 0 amide bonds. The number of ether oxygens (including phenoxy) is 2. The first kappa shape index (κ1) is 17.8. The molecule has 1 unspecified atom stereocenters. The van der Waals surface area contributed by atoms with Gasteiger partial charge in [-0.25, -0.2) is 0 Å². The highest BCUT2D eigenvalue weighted by Gasteiger charge is 2.08. The number of hydrogen-bond acceptors (Lipinski definition) is 4. The molecule has 0 bridgehead atoms. The van der Waals surface area contributed by atoms with E-state index in [1.807, 2.05) is 26.0 Å². The van der Waals surface area contributed by atoms with Gasteiger partial charge in [-0.2, -0.15) is 0 Å². The van der Waals surface area contributed by atoms with Crippen molar-refractivity contribution in [2.75, 3.05) is 27.7 Å². The Morgan fingerprint density at radius 1 is 1.14 bits per heavy atom. The Hall–Kier alpha value is -1.26. The van der Waals surface area contributed by atoms with Gasteiger partial charge in [-0.15, -0.1) is 0 Å². The van der Waals surface area contributed by atoms with E-state index in [1.54, 1.807) is 7.11 Å². The molecule has 1 atom stereocenters. The van der Waals surface area contributed by atoms with Crippen LogP contribution in [-0.4, -0.2) is 44.8 Å². The van der Waals surface area contributed by atoms with Gasteiger partial charge in [0.1, 0.15) is 0 Å². The fourth-order valence-electron chi connectivity index (χ4n) is 2.02. The van der Waals surface area contributed by atoms with Gasteiger partial charge in [0, 0.05) is 12.6 Å². The van der Waals surface area contributed by atoms with Crippen molar-refractivity contribution in [2.45, 2.75) is 45.9 Å². The molecule has 0 aromatic heterocycles.